The van der Waals surface area contributed by atoms with Gasteiger partial charge in [0.25, 0.3) is 0 Å². The fourth-order valence-corrected chi connectivity index (χ4v) is 1.23. The standard InChI is InChI=1S/C5H10NO3P/c7-5(9-10)4-2-1-3-6(4)8/h4,8H,1-3,10H2. The molecular weight excluding hydrogens is 153 g/mol. The zero-order chi connectivity index (χ0) is 7.56. The molecule has 0 aliphatic carbocycles. The molecule has 58 valence electrons. The van der Waals surface area contributed by atoms with Gasteiger partial charge in [0.2, 0.25) is 0 Å². The number of hydrogen-bond donors (Lipinski definition) is 1. The molecule has 1 heterocycles. The first-order valence-electron chi connectivity index (χ1n) is 3.12. The van der Waals surface area contributed by atoms with Gasteiger partial charge in [0.1, 0.15) is 6.04 Å². The maximum atomic E-state index is 10.8. The van der Waals surface area contributed by atoms with Crippen LogP contribution in [-0.2, 0) is 9.32 Å². The van der Waals surface area contributed by atoms with Crippen molar-refractivity contribution in [3.63, 3.8) is 0 Å². The smallest absolute Gasteiger partial charge is 0.327 e. The van der Waals surface area contributed by atoms with Gasteiger partial charge in [0, 0.05) is 6.54 Å². The van der Waals surface area contributed by atoms with Crippen LogP contribution < -0.4 is 0 Å². The first kappa shape index (κ1) is 7.92. The molecule has 0 spiro atoms. The Morgan fingerprint density at radius 1 is 1.80 bits per heavy atom. The number of hydrogen-bond acceptors (Lipinski definition) is 4. The summed E-state index contributed by atoms with van der Waals surface area (Å²) in [5, 5.41) is 10.0. The van der Waals surface area contributed by atoms with Crippen molar-refractivity contribution in [3.05, 3.63) is 0 Å². The van der Waals surface area contributed by atoms with Crippen LogP contribution in [0.1, 0.15) is 12.8 Å². The molecule has 4 nitrogen and oxygen atoms in total. The molecular formula is C5H10NO3P. The minimum atomic E-state index is -0.447. The molecule has 0 bridgehead atoms. The highest BCUT2D eigenvalue weighted by Crippen LogP contribution is 2.16. The second-order valence-corrected chi connectivity index (χ2v) is 2.49. The fourth-order valence-electron chi connectivity index (χ4n) is 1.07. The van der Waals surface area contributed by atoms with Crippen molar-refractivity contribution in [1.29, 1.82) is 0 Å². The van der Waals surface area contributed by atoms with Crippen LogP contribution in [0.25, 0.3) is 0 Å². The second kappa shape index (κ2) is 3.28. The highest BCUT2D eigenvalue weighted by atomic mass is 31.0. The van der Waals surface area contributed by atoms with Crippen LogP contribution in [0.4, 0.5) is 0 Å². The first-order valence-corrected chi connectivity index (χ1v) is 3.59. The second-order valence-electron chi connectivity index (χ2n) is 2.26. The maximum Gasteiger partial charge on any atom is 0.327 e. The molecule has 1 aliphatic heterocycles. The lowest BCUT2D eigenvalue weighted by molar-refractivity contribution is -0.157. The van der Waals surface area contributed by atoms with E-state index >= 15 is 0 Å². The fraction of sp³-hybridized carbons (Fsp3) is 0.800. The van der Waals surface area contributed by atoms with Crippen LogP contribution in [0.3, 0.4) is 0 Å². The lowest BCUT2D eigenvalue weighted by Crippen LogP contribution is -2.33. The Morgan fingerprint density at radius 3 is 2.90 bits per heavy atom. The molecule has 0 aromatic heterocycles. The zero-order valence-corrected chi connectivity index (χ0v) is 6.64. The van der Waals surface area contributed by atoms with Crippen LogP contribution in [0.5, 0.6) is 0 Å². The van der Waals surface area contributed by atoms with E-state index in [1.165, 1.54) is 0 Å². The van der Waals surface area contributed by atoms with Gasteiger partial charge in [-0.1, -0.05) is 0 Å². The summed E-state index contributed by atoms with van der Waals surface area (Å²) >= 11 is 0. The summed E-state index contributed by atoms with van der Waals surface area (Å²) in [6, 6.07) is -0.447. The Bertz CT molecular complexity index is 141. The van der Waals surface area contributed by atoms with Crippen LogP contribution >= 0.6 is 9.47 Å². The van der Waals surface area contributed by atoms with Gasteiger partial charge in [-0.25, -0.2) is 0 Å². The number of carbonyl (C=O) groups excluding carboxylic acids is 1. The summed E-state index contributed by atoms with van der Waals surface area (Å²) in [7, 11) is 1.88. The Balaban J connectivity index is 2.46. The Hall–Kier alpha value is -0.180. The molecule has 5 heteroatoms. The van der Waals surface area contributed by atoms with E-state index in [0.717, 1.165) is 11.5 Å². The molecule has 10 heavy (non-hydrogen) atoms. The van der Waals surface area contributed by atoms with E-state index in [0.29, 0.717) is 13.0 Å². The molecule has 1 saturated heterocycles. The SMILES string of the molecule is O=C(OP)C1CCCN1O. The van der Waals surface area contributed by atoms with Crippen molar-refractivity contribution in [2.45, 2.75) is 18.9 Å². The maximum absolute atomic E-state index is 10.8. The van der Waals surface area contributed by atoms with E-state index in [-0.39, 0.29) is 5.97 Å². The zero-order valence-electron chi connectivity index (χ0n) is 5.49. The summed E-state index contributed by atoms with van der Waals surface area (Å²) in [6.07, 6.45) is 1.53. The molecule has 0 saturated carbocycles. The van der Waals surface area contributed by atoms with Gasteiger partial charge >= 0.3 is 5.97 Å². The third-order valence-corrected chi connectivity index (χ3v) is 1.85. The van der Waals surface area contributed by atoms with E-state index in [4.69, 9.17) is 5.21 Å². The monoisotopic (exact) mass is 163 g/mol. The van der Waals surface area contributed by atoms with Gasteiger partial charge in [-0.05, 0) is 12.8 Å². The normalized spacial score (nSPS) is 26.8. The minimum absolute atomic E-state index is 0.384. The average Bonchev–Trinajstić information content (AvgIpc) is 2.34. The van der Waals surface area contributed by atoms with Gasteiger partial charge in [-0.2, -0.15) is 5.06 Å². The average molecular weight is 163 g/mol. The van der Waals surface area contributed by atoms with E-state index in [9.17, 15) is 4.79 Å². The van der Waals surface area contributed by atoms with Gasteiger partial charge in [0.15, 0.2) is 0 Å². The van der Waals surface area contributed by atoms with Crippen molar-refractivity contribution < 1.29 is 14.5 Å². The largest absolute Gasteiger partial charge is 0.450 e. The summed E-state index contributed by atoms with van der Waals surface area (Å²) in [4.78, 5) is 10.8. The summed E-state index contributed by atoms with van der Waals surface area (Å²) in [6.45, 7) is 0.560. The molecule has 0 aromatic carbocycles. The number of nitrogens with zero attached hydrogens (tertiary/aromatic N) is 1. The van der Waals surface area contributed by atoms with Crippen LogP contribution in [0.15, 0.2) is 0 Å². The molecule has 0 amide bonds. The van der Waals surface area contributed by atoms with Crippen LogP contribution in [0.2, 0.25) is 0 Å². The minimum Gasteiger partial charge on any atom is -0.450 e. The van der Waals surface area contributed by atoms with Gasteiger partial charge in [-0.15, -0.1) is 0 Å². The van der Waals surface area contributed by atoms with E-state index in [2.05, 4.69) is 4.52 Å². The molecule has 1 rings (SSSR count). The number of rotatable bonds is 1. The number of carbonyl (C=O) groups is 1. The molecule has 1 N–H and O–H groups in total. The van der Waals surface area contributed by atoms with Crippen LogP contribution in [0, 0.1) is 0 Å². The van der Waals surface area contributed by atoms with Gasteiger partial charge in [-0.3, -0.25) is 4.79 Å². The Morgan fingerprint density at radius 2 is 2.50 bits per heavy atom. The predicted molar refractivity (Wildman–Crippen MR) is 37.3 cm³/mol. The van der Waals surface area contributed by atoms with E-state index in [1.807, 2.05) is 9.47 Å². The molecule has 1 fully saturated rings. The number of hydroxylamine groups is 2. The molecule has 1 aliphatic rings. The van der Waals surface area contributed by atoms with Crippen molar-refractivity contribution in [2.24, 2.45) is 0 Å². The summed E-state index contributed by atoms with van der Waals surface area (Å²) in [5.74, 6) is -0.384. The molecule has 2 atom stereocenters. The highest BCUT2D eigenvalue weighted by molar-refractivity contribution is 7.10. The topological polar surface area (TPSA) is 49.8 Å². The van der Waals surface area contributed by atoms with E-state index in [1.54, 1.807) is 0 Å². The molecule has 0 radical (unpaired) electrons. The quantitative estimate of drug-likeness (QED) is 0.560. The first-order chi connectivity index (χ1) is 4.75. The summed E-state index contributed by atoms with van der Waals surface area (Å²) in [5.41, 5.74) is 0. The molecule has 0 aromatic rings. The lowest BCUT2D eigenvalue weighted by Gasteiger charge is -2.13. The third kappa shape index (κ3) is 1.45. The predicted octanol–water partition coefficient (Wildman–Crippen LogP) is 0.173. The third-order valence-electron chi connectivity index (χ3n) is 1.61. The van der Waals surface area contributed by atoms with Gasteiger partial charge < -0.3 is 9.73 Å². The summed E-state index contributed by atoms with van der Waals surface area (Å²) < 4.78 is 4.38. The van der Waals surface area contributed by atoms with Gasteiger partial charge in [0.05, 0.1) is 9.47 Å². The Labute approximate surface area is 61.4 Å². The van der Waals surface area contributed by atoms with Crippen LogP contribution in [-0.4, -0.2) is 28.8 Å². The lowest BCUT2D eigenvalue weighted by atomic mass is 10.2. The van der Waals surface area contributed by atoms with Crippen molar-refractivity contribution in [2.75, 3.05) is 6.54 Å². The van der Waals surface area contributed by atoms with E-state index < -0.39 is 6.04 Å². The Kier molecular flexibility index (Phi) is 2.60. The van der Waals surface area contributed by atoms with Crippen molar-refractivity contribution in [3.8, 4) is 0 Å². The highest BCUT2D eigenvalue weighted by Gasteiger charge is 2.30. The van der Waals surface area contributed by atoms with Crippen molar-refractivity contribution in [1.82, 2.24) is 5.06 Å². The molecule has 2 unspecified atom stereocenters. The van der Waals surface area contributed by atoms with Crippen molar-refractivity contribution >= 4 is 15.4 Å².